The van der Waals surface area contributed by atoms with E-state index in [9.17, 15) is 0 Å². The molecule has 0 unspecified atom stereocenters. The van der Waals surface area contributed by atoms with Gasteiger partial charge >= 0.3 is 0 Å². The highest BCUT2D eigenvalue weighted by atomic mass is 16.5. The monoisotopic (exact) mass is 232 g/mol. The normalized spacial score (nSPS) is 24.4. The fraction of sp³-hybridized carbons (Fsp3) is 0.429. The van der Waals surface area contributed by atoms with E-state index in [-0.39, 0.29) is 12.2 Å². The van der Waals surface area contributed by atoms with Crippen LogP contribution in [0.5, 0.6) is 0 Å². The summed E-state index contributed by atoms with van der Waals surface area (Å²) in [5, 5.41) is 0. The quantitative estimate of drug-likeness (QED) is 0.782. The van der Waals surface area contributed by atoms with Crippen LogP contribution in [0, 0.1) is 13.8 Å². The summed E-state index contributed by atoms with van der Waals surface area (Å²) in [7, 11) is 0. The summed E-state index contributed by atoms with van der Waals surface area (Å²) >= 11 is 0. The summed E-state index contributed by atoms with van der Waals surface area (Å²) in [5.74, 6) is 3.71. The number of furan rings is 2. The predicted molar refractivity (Wildman–Crippen MR) is 62.7 cm³/mol. The van der Waals surface area contributed by atoms with Gasteiger partial charge in [-0.05, 0) is 51.0 Å². The van der Waals surface area contributed by atoms with E-state index < -0.39 is 0 Å². The molecule has 1 aliphatic rings. The minimum atomic E-state index is 0.0686. The third kappa shape index (κ3) is 2.03. The highest BCUT2D eigenvalue weighted by Gasteiger charge is 2.31. The summed E-state index contributed by atoms with van der Waals surface area (Å²) in [5.41, 5.74) is 0. The number of ether oxygens (including phenoxy) is 1. The number of hydrogen-bond donors (Lipinski definition) is 0. The van der Waals surface area contributed by atoms with Crippen LogP contribution in [0.25, 0.3) is 0 Å². The van der Waals surface area contributed by atoms with Gasteiger partial charge in [-0.2, -0.15) is 0 Å². The van der Waals surface area contributed by atoms with Crippen LogP contribution in [0.3, 0.4) is 0 Å². The van der Waals surface area contributed by atoms with Crippen molar-refractivity contribution in [2.75, 3.05) is 0 Å². The molecule has 1 aliphatic heterocycles. The lowest BCUT2D eigenvalue weighted by Crippen LogP contribution is -1.97. The molecular formula is C14H16O3. The smallest absolute Gasteiger partial charge is 0.132 e. The van der Waals surface area contributed by atoms with Crippen molar-refractivity contribution in [2.24, 2.45) is 0 Å². The molecule has 3 heterocycles. The molecule has 0 aliphatic carbocycles. The van der Waals surface area contributed by atoms with Crippen molar-refractivity contribution in [3.05, 3.63) is 47.3 Å². The fourth-order valence-corrected chi connectivity index (χ4v) is 2.31. The van der Waals surface area contributed by atoms with Crippen LogP contribution < -0.4 is 0 Å². The molecule has 0 saturated carbocycles. The Balaban J connectivity index is 1.73. The molecule has 0 spiro atoms. The predicted octanol–water partition coefficient (Wildman–Crippen LogP) is 4.08. The molecule has 2 aromatic rings. The summed E-state index contributed by atoms with van der Waals surface area (Å²) in [6.07, 6.45) is 2.10. The Bertz CT molecular complexity index is 463. The third-order valence-electron chi connectivity index (χ3n) is 3.18. The molecule has 1 saturated heterocycles. The molecular weight excluding hydrogens is 216 g/mol. The molecule has 1 fully saturated rings. The van der Waals surface area contributed by atoms with Crippen molar-refractivity contribution in [1.29, 1.82) is 0 Å². The maximum absolute atomic E-state index is 5.97. The average Bonchev–Trinajstić information content (AvgIpc) is 2.96. The second-order valence-electron chi connectivity index (χ2n) is 4.59. The van der Waals surface area contributed by atoms with E-state index >= 15 is 0 Å². The fourth-order valence-electron chi connectivity index (χ4n) is 2.31. The van der Waals surface area contributed by atoms with E-state index in [2.05, 4.69) is 0 Å². The second-order valence-corrected chi connectivity index (χ2v) is 4.59. The molecule has 0 aromatic carbocycles. The minimum Gasteiger partial charge on any atom is -0.464 e. The van der Waals surface area contributed by atoms with Crippen molar-refractivity contribution in [1.82, 2.24) is 0 Å². The average molecular weight is 232 g/mol. The Morgan fingerprint density at radius 3 is 1.65 bits per heavy atom. The van der Waals surface area contributed by atoms with E-state index in [0.717, 1.165) is 35.9 Å². The van der Waals surface area contributed by atoms with Crippen LogP contribution in [-0.2, 0) is 4.74 Å². The first kappa shape index (κ1) is 10.7. The summed E-state index contributed by atoms with van der Waals surface area (Å²) in [6, 6.07) is 7.94. The van der Waals surface area contributed by atoms with Crippen LogP contribution in [0.15, 0.2) is 33.1 Å². The molecule has 0 radical (unpaired) electrons. The Kier molecular flexibility index (Phi) is 2.56. The Labute approximate surface area is 100 Å². The van der Waals surface area contributed by atoms with Gasteiger partial charge in [-0.1, -0.05) is 0 Å². The zero-order chi connectivity index (χ0) is 11.8. The van der Waals surface area contributed by atoms with Crippen LogP contribution in [0.4, 0.5) is 0 Å². The Hall–Kier alpha value is -1.48. The molecule has 2 aromatic heterocycles. The molecule has 0 N–H and O–H groups in total. The van der Waals surface area contributed by atoms with Crippen molar-refractivity contribution in [3.63, 3.8) is 0 Å². The van der Waals surface area contributed by atoms with Crippen molar-refractivity contribution < 1.29 is 13.6 Å². The van der Waals surface area contributed by atoms with E-state index in [1.807, 2.05) is 38.1 Å². The SMILES string of the molecule is Cc1ccc([C@@H]2CC[C@H](c3ccc(C)o3)O2)o1. The number of aryl methyl sites for hydroxylation is 2. The van der Waals surface area contributed by atoms with E-state index in [1.54, 1.807) is 0 Å². The van der Waals surface area contributed by atoms with Gasteiger partial charge < -0.3 is 13.6 Å². The Morgan fingerprint density at radius 2 is 1.29 bits per heavy atom. The summed E-state index contributed by atoms with van der Waals surface area (Å²) in [4.78, 5) is 0. The molecule has 2 atom stereocenters. The molecule has 90 valence electrons. The van der Waals surface area contributed by atoms with Crippen LogP contribution >= 0.6 is 0 Å². The summed E-state index contributed by atoms with van der Waals surface area (Å²) < 4.78 is 17.2. The van der Waals surface area contributed by atoms with Gasteiger partial charge in [0.1, 0.15) is 35.2 Å². The van der Waals surface area contributed by atoms with Gasteiger partial charge in [-0.25, -0.2) is 0 Å². The zero-order valence-corrected chi connectivity index (χ0v) is 10.1. The first-order valence-electron chi connectivity index (χ1n) is 6.00. The topological polar surface area (TPSA) is 35.5 Å². The number of hydrogen-bond acceptors (Lipinski definition) is 3. The van der Waals surface area contributed by atoms with Gasteiger partial charge in [-0.3, -0.25) is 0 Å². The molecule has 3 heteroatoms. The van der Waals surface area contributed by atoms with Gasteiger partial charge in [0, 0.05) is 0 Å². The highest BCUT2D eigenvalue weighted by Crippen LogP contribution is 2.41. The van der Waals surface area contributed by atoms with Crippen molar-refractivity contribution in [2.45, 2.75) is 38.9 Å². The molecule has 0 amide bonds. The van der Waals surface area contributed by atoms with Crippen LogP contribution in [0.1, 0.15) is 48.1 Å². The molecule has 3 nitrogen and oxygen atoms in total. The van der Waals surface area contributed by atoms with Gasteiger partial charge in [0.15, 0.2) is 0 Å². The van der Waals surface area contributed by atoms with Crippen molar-refractivity contribution in [3.8, 4) is 0 Å². The van der Waals surface area contributed by atoms with E-state index in [1.165, 1.54) is 0 Å². The van der Waals surface area contributed by atoms with Crippen LogP contribution in [-0.4, -0.2) is 0 Å². The van der Waals surface area contributed by atoms with Gasteiger partial charge in [0.2, 0.25) is 0 Å². The lowest BCUT2D eigenvalue weighted by Gasteiger charge is -2.09. The summed E-state index contributed by atoms with van der Waals surface area (Å²) in [6.45, 7) is 3.90. The third-order valence-corrected chi connectivity index (χ3v) is 3.18. The first-order valence-corrected chi connectivity index (χ1v) is 6.00. The van der Waals surface area contributed by atoms with Gasteiger partial charge in [-0.15, -0.1) is 0 Å². The highest BCUT2D eigenvalue weighted by molar-refractivity contribution is 5.13. The second kappa shape index (κ2) is 4.08. The van der Waals surface area contributed by atoms with Gasteiger partial charge in [0.25, 0.3) is 0 Å². The van der Waals surface area contributed by atoms with E-state index in [4.69, 9.17) is 13.6 Å². The maximum Gasteiger partial charge on any atom is 0.132 e. The largest absolute Gasteiger partial charge is 0.464 e. The lowest BCUT2D eigenvalue weighted by molar-refractivity contribution is 0.0197. The lowest BCUT2D eigenvalue weighted by atomic mass is 10.1. The molecule has 0 bridgehead atoms. The maximum atomic E-state index is 5.97. The Morgan fingerprint density at radius 1 is 0.824 bits per heavy atom. The van der Waals surface area contributed by atoms with E-state index in [0.29, 0.717) is 0 Å². The van der Waals surface area contributed by atoms with Crippen molar-refractivity contribution >= 4 is 0 Å². The molecule has 3 rings (SSSR count). The molecule has 17 heavy (non-hydrogen) atoms. The number of rotatable bonds is 2. The standard InChI is InChI=1S/C14H16O3/c1-9-3-5-11(15-9)13-7-8-14(17-13)12-6-4-10(2)16-12/h3-6,13-14H,7-8H2,1-2H3/t13-,14+. The van der Waals surface area contributed by atoms with Gasteiger partial charge in [0.05, 0.1) is 0 Å². The van der Waals surface area contributed by atoms with Crippen LogP contribution in [0.2, 0.25) is 0 Å². The first-order chi connectivity index (χ1) is 8.22. The minimum absolute atomic E-state index is 0.0686. The zero-order valence-electron chi connectivity index (χ0n) is 10.1.